The number of imidazole rings is 1. The Hall–Kier alpha value is -3.56. The van der Waals surface area contributed by atoms with Crippen LogP contribution in [0.2, 0.25) is 0 Å². The number of hydrogen-bond donors (Lipinski definition) is 1. The van der Waals surface area contributed by atoms with Crippen LogP contribution in [0, 0.1) is 0 Å². The van der Waals surface area contributed by atoms with E-state index >= 15 is 0 Å². The van der Waals surface area contributed by atoms with Crippen molar-refractivity contribution in [3.05, 3.63) is 60.4 Å². The quantitative estimate of drug-likeness (QED) is 0.511. The molecule has 1 atom stereocenters. The highest BCUT2D eigenvalue weighted by Gasteiger charge is 2.21. The van der Waals surface area contributed by atoms with Crippen molar-refractivity contribution in [1.29, 1.82) is 0 Å². The minimum absolute atomic E-state index is 0.0635. The number of Topliss-reactive ketones (excluding diaryl/α,β-unsaturated/α-hetero) is 1. The van der Waals surface area contributed by atoms with Gasteiger partial charge in [-0.25, -0.2) is 9.78 Å². The van der Waals surface area contributed by atoms with Crippen molar-refractivity contribution < 1.29 is 14.3 Å². The number of carbonyl (C=O) groups is 2. The zero-order valence-electron chi connectivity index (χ0n) is 16.8. The van der Waals surface area contributed by atoms with E-state index in [1.807, 2.05) is 48.0 Å². The van der Waals surface area contributed by atoms with Crippen LogP contribution in [-0.2, 0) is 35.6 Å². The first kappa shape index (κ1) is 21.2. The maximum absolute atomic E-state index is 12.5. The summed E-state index contributed by atoms with van der Waals surface area (Å²) in [5, 5.41) is 14.8. The second-order valence-electron chi connectivity index (χ2n) is 6.77. The maximum atomic E-state index is 12.5. The molecule has 0 saturated heterocycles. The van der Waals surface area contributed by atoms with Gasteiger partial charge in [-0.3, -0.25) is 4.79 Å². The number of aryl methyl sites for hydroxylation is 2. The summed E-state index contributed by atoms with van der Waals surface area (Å²) in [4.78, 5) is 29.8. The molecule has 1 unspecified atom stereocenters. The fourth-order valence-corrected chi connectivity index (χ4v) is 2.85. The molecule has 10 heteroatoms. The minimum Gasteiger partial charge on any atom is -0.445 e. The highest BCUT2D eigenvalue weighted by atomic mass is 16.5. The Balaban J connectivity index is 1.42. The van der Waals surface area contributed by atoms with Gasteiger partial charge in [-0.1, -0.05) is 37.3 Å². The standard InChI is InChI=1S/C20H25N7O3/c1-2-17(22-20(29)30-14-16-7-4-3-5-8-16)18(28)13-27-24-19(23-25-27)9-6-11-26-12-10-21-15-26/h3-5,7-8,10,12,15,17H,2,6,9,11,13-14H2,1H3,(H,22,29). The van der Waals surface area contributed by atoms with Crippen LogP contribution in [0.3, 0.4) is 0 Å². The van der Waals surface area contributed by atoms with Crippen LogP contribution in [0.15, 0.2) is 49.1 Å². The molecule has 0 spiro atoms. The van der Waals surface area contributed by atoms with E-state index in [-0.39, 0.29) is 18.9 Å². The Morgan fingerprint density at radius 2 is 2.07 bits per heavy atom. The van der Waals surface area contributed by atoms with E-state index in [0.29, 0.717) is 18.7 Å². The van der Waals surface area contributed by atoms with E-state index in [2.05, 4.69) is 25.7 Å². The highest BCUT2D eigenvalue weighted by Crippen LogP contribution is 2.03. The van der Waals surface area contributed by atoms with Gasteiger partial charge in [-0.2, -0.15) is 4.80 Å². The number of tetrazole rings is 1. The molecule has 2 heterocycles. The van der Waals surface area contributed by atoms with Gasteiger partial charge >= 0.3 is 6.09 Å². The number of nitrogens with zero attached hydrogens (tertiary/aromatic N) is 6. The highest BCUT2D eigenvalue weighted by molar-refractivity contribution is 5.87. The fourth-order valence-electron chi connectivity index (χ4n) is 2.85. The molecular formula is C20H25N7O3. The normalized spacial score (nSPS) is 11.8. The van der Waals surface area contributed by atoms with Crippen LogP contribution < -0.4 is 5.32 Å². The summed E-state index contributed by atoms with van der Waals surface area (Å²) in [6.45, 7) is 2.70. The topological polar surface area (TPSA) is 117 Å². The molecule has 3 aromatic rings. The Morgan fingerprint density at radius 1 is 1.23 bits per heavy atom. The fraction of sp³-hybridized carbons (Fsp3) is 0.400. The Kier molecular flexibility index (Phi) is 7.64. The van der Waals surface area contributed by atoms with Crippen molar-refractivity contribution in [3.8, 4) is 0 Å². The van der Waals surface area contributed by atoms with Crippen LogP contribution in [0.25, 0.3) is 0 Å². The third-order valence-electron chi connectivity index (χ3n) is 4.47. The molecule has 0 aliphatic carbocycles. The molecule has 0 radical (unpaired) electrons. The van der Waals surface area contributed by atoms with Gasteiger partial charge in [-0.05, 0) is 23.6 Å². The third-order valence-corrected chi connectivity index (χ3v) is 4.47. The largest absolute Gasteiger partial charge is 0.445 e. The smallest absolute Gasteiger partial charge is 0.408 e. The molecule has 1 aromatic carbocycles. The Labute approximate surface area is 174 Å². The monoisotopic (exact) mass is 411 g/mol. The summed E-state index contributed by atoms with van der Waals surface area (Å²) >= 11 is 0. The lowest BCUT2D eigenvalue weighted by Crippen LogP contribution is -2.42. The molecule has 3 rings (SSSR count). The van der Waals surface area contributed by atoms with Gasteiger partial charge in [0.2, 0.25) is 0 Å². The number of nitrogens with one attached hydrogen (secondary N) is 1. The van der Waals surface area contributed by atoms with Crippen molar-refractivity contribution in [2.45, 2.75) is 51.9 Å². The first-order chi connectivity index (χ1) is 14.6. The van der Waals surface area contributed by atoms with E-state index in [4.69, 9.17) is 4.74 Å². The number of rotatable bonds is 11. The van der Waals surface area contributed by atoms with Gasteiger partial charge in [0, 0.05) is 25.4 Å². The first-order valence-corrected chi connectivity index (χ1v) is 9.86. The van der Waals surface area contributed by atoms with E-state index in [9.17, 15) is 9.59 Å². The van der Waals surface area contributed by atoms with E-state index < -0.39 is 12.1 Å². The van der Waals surface area contributed by atoms with Crippen molar-refractivity contribution in [3.63, 3.8) is 0 Å². The van der Waals surface area contributed by atoms with Crippen molar-refractivity contribution in [2.24, 2.45) is 0 Å². The average Bonchev–Trinajstić information content (AvgIpc) is 3.43. The molecule has 0 bridgehead atoms. The van der Waals surface area contributed by atoms with Gasteiger partial charge in [0.1, 0.15) is 13.2 Å². The molecule has 0 fully saturated rings. The molecule has 2 aromatic heterocycles. The van der Waals surface area contributed by atoms with Crippen LogP contribution in [-0.4, -0.2) is 47.7 Å². The van der Waals surface area contributed by atoms with Crippen LogP contribution in [0.1, 0.15) is 31.2 Å². The molecule has 0 aliphatic rings. The van der Waals surface area contributed by atoms with E-state index in [1.54, 1.807) is 12.5 Å². The van der Waals surface area contributed by atoms with Crippen LogP contribution >= 0.6 is 0 Å². The molecule has 1 amide bonds. The summed E-state index contributed by atoms with van der Waals surface area (Å²) in [5.41, 5.74) is 0.874. The average molecular weight is 411 g/mol. The zero-order chi connectivity index (χ0) is 21.2. The zero-order valence-corrected chi connectivity index (χ0v) is 16.8. The van der Waals surface area contributed by atoms with Gasteiger partial charge in [-0.15, -0.1) is 10.2 Å². The van der Waals surface area contributed by atoms with Crippen molar-refractivity contribution in [1.82, 2.24) is 35.1 Å². The SMILES string of the molecule is CCC(NC(=O)OCc1ccccc1)C(=O)Cn1nnc(CCCn2ccnc2)n1. The first-order valence-electron chi connectivity index (χ1n) is 9.86. The lowest BCUT2D eigenvalue weighted by Gasteiger charge is -2.15. The van der Waals surface area contributed by atoms with Crippen molar-refractivity contribution in [2.75, 3.05) is 0 Å². The van der Waals surface area contributed by atoms with Crippen LogP contribution in [0.4, 0.5) is 4.79 Å². The number of amides is 1. The molecule has 1 N–H and O–H groups in total. The van der Waals surface area contributed by atoms with Gasteiger partial charge in [0.05, 0.1) is 12.4 Å². The summed E-state index contributed by atoms with van der Waals surface area (Å²) in [6, 6.07) is 8.67. The number of hydrogen-bond acceptors (Lipinski definition) is 7. The molecule has 10 nitrogen and oxygen atoms in total. The molecule has 30 heavy (non-hydrogen) atoms. The number of ketones is 1. The second kappa shape index (κ2) is 10.8. The summed E-state index contributed by atoms with van der Waals surface area (Å²) < 4.78 is 7.16. The van der Waals surface area contributed by atoms with Gasteiger partial charge in [0.15, 0.2) is 11.6 Å². The maximum Gasteiger partial charge on any atom is 0.408 e. The predicted molar refractivity (Wildman–Crippen MR) is 107 cm³/mol. The third kappa shape index (κ3) is 6.50. The summed E-state index contributed by atoms with van der Waals surface area (Å²) in [6.07, 6.45) is 6.67. The lowest BCUT2D eigenvalue weighted by atomic mass is 10.1. The second-order valence-corrected chi connectivity index (χ2v) is 6.77. The Bertz CT molecular complexity index is 925. The molecular weight excluding hydrogens is 386 g/mol. The lowest BCUT2D eigenvalue weighted by molar-refractivity contribution is -0.122. The Morgan fingerprint density at radius 3 is 2.80 bits per heavy atom. The van der Waals surface area contributed by atoms with Crippen molar-refractivity contribution >= 4 is 11.9 Å². The molecule has 0 aliphatic heterocycles. The number of benzene rings is 1. The van der Waals surface area contributed by atoms with Gasteiger partial charge < -0.3 is 14.6 Å². The number of carbonyl (C=O) groups excluding carboxylic acids is 2. The predicted octanol–water partition coefficient (Wildman–Crippen LogP) is 1.78. The van der Waals surface area contributed by atoms with Gasteiger partial charge in [0.25, 0.3) is 0 Å². The summed E-state index contributed by atoms with van der Waals surface area (Å²) in [7, 11) is 0. The van der Waals surface area contributed by atoms with E-state index in [0.717, 1.165) is 18.5 Å². The summed E-state index contributed by atoms with van der Waals surface area (Å²) in [5.74, 6) is 0.364. The van der Waals surface area contributed by atoms with Crippen LogP contribution in [0.5, 0.6) is 0 Å². The van der Waals surface area contributed by atoms with E-state index in [1.165, 1.54) is 4.80 Å². The number of ether oxygens (including phenoxy) is 1. The number of alkyl carbamates (subject to hydrolysis) is 1. The number of aromatic nitrogens is 6. The minimum atomic E-state index is -0.677. The molecule has 0 saturated carbocycles. The molecule has 158 valence electrons.